The number of rotatable bonds is 3. The first kappa shape index (κ1) is 15.3. The summed E-state index contributed by atoms with van der Waals surface area (Å²) in [5.74, 6) is -0.217. The summed E-state index contributed by atoms with van der Waals surface area (Å²) in [4.78, 5) is 0. The minimum absolute atomic E-state index is 0.217. The second-order valence-electron chi connectivity index (χ2n) is 5.96. The molecule has 4 aromatic rings. The van der Waals surface area contributed by atoms with Gasteiger partial charge >= 0.3 is 0 Å². The third kappa shape index (κ3) is 3.09. The highest BCUT2D eigenvalue weighted by Crippen LogP contribution is 2.37. The molecule has 0 N–H and O–H groups in total. The third-order valence-corrected chi connectivity index (χ3v) is 4.38. The van der Waals surface area contributed by atoms with E-state index in [-0.39, 0.29) is 5.82 Å². The van der Waals surface area contributed by atoms with Gasteiger partial charge < -0.3 is 0 Å². The van der Waals surface area contributed by atoms with Gasteiger partial charge in [-0.25, -0.2) is 4.39 Å². The average Bonchev–Trinajstić information content (AvgIpc) is 2.69. The molecule has 0 saturated carbocycles. The maximum absolute atomic E-state index is 13.3. The van der Waals surface area contributed by atoms with Gasteiger partial charge in [0.15, 0.2) is 0 Å². The summed E-state index contributed by atoms with van der Waals surface area (Å²) in [7, 11) is 0. The molecule has 4 aromatic carbocycles. The Morgan fingerprint density at radius 3 is 1.28 bits per heavy atom. The van der Waals surface area contributed by atoms with Crippen LogP contribution in [0.2, 0.25) is 0 Å². The molecule has 0 spiro atoms. The first-order chi connectivity index (χ1) is 12.3. The van der Waals surface area contributed by atoms with Crippen molar-refractivity contribution in [2.24, 2.45) is 0 Å². The smallest absolute Gasteiger partial charge is 0.123 e. The van der Waals surface area contributed by atoms with E-state index in [0.717, 1.165) is 16.7 Å². The predicted octanol–water partition coefficient (Wildman–Crippen LogP) is 6.83. The molecule has 0 aliphatic heterocycles. The Kier molecular flexibility index (Phi) is 4.14. The molecular formula is C24H17F. The minimum atomic E-state index is -0.217. The van der Waals surface area contributed by atoms with Crippen LogP contribution in [0.5, 0.6) is 0 Å². The highest BCUT2D eigenvalue weighted by Gasteiger charge is 2.11. The van der Waals surface area contributed by atoms with Gasteiger partial charge in [-0.3, -0.25) is 0 Å². The molecule has 0 radical (unpaired) electrons. The van der Waals surface area contributed by atoms with Crippen molar-refractivity contribution < 1.29 is 4.39 Å². The van der Waals surface area contributed by atoms with Crippen LogP contribution in [0.3, 0.4) is 0 Å². The maximum Gasteiger partial charge on any atom is 0.123 e. The van der Waals surface area contributed by atoms with E-state index < -0.39 is 0 Å². The van der Waals surface area contributed by atoms with Crippen molar-refractivity contribution in [1.82, 2.24) is 0 Å². The summed E-state index contributed by atoms with van der Waals surface area (Å²) in [5, 5.41) is 0. The normalized spacial score (nSPS) is 10.6. The van der Waals surface area contributed by atoms with Crippen LogP contribution in [-0.4, -0.2) is 0 Å². The Hall–Kier alpha value is -3.19. The largest absolute Gasteiger partial charge is 0.207 e. The van der Waals surface area contributed by atoms with Crippen LogP contribution in [0.15, 0.2) is 103 Å². The quantitative estimate of drug-likeness (QED) is 0.387. The standard InChI is InChI=1S/C24H17F/c25-20-16-14-19(15-17-20)22-11-5-7-13-24(22)23-12-6-4-10-21(23)18-8-2-1-3-9-18/h1-17H. The highest BCUT2D eigenvalue weighted by molar-refractivity contribution is 5.91. The maximum atomic E-state index is 13.3. The van der Waals surface area contributed by atoms with Gasteiger partial charge in [0.05, 0.1) is 0 Å². The molecule has 0 unspecified atom stereocenters. The fraction of sp³-hybridized carbons (Fsp3) is 0. The lowest BCUT2D eigenvalue weighted by molar-refractivity contribution is 0.628. The number of halogens is 1. The van der Waals surface area contributed by atoms with E-state index in [1.807, 2.05) is 30.3 Å². The van der Waals surface area contributed by atoms with E-state index in [4.69, 9.17) is 0 Å². The Morgan fingerprint density at radius 2 is 0.760 bits per heavy atom. The Balaban J connectivity index is 1.91. The van der Waals surface area contributed by atoms with E-state index in [1.165, 1.54) is 28.8 Å². The number of benzene rings is 4. The summed E-state index contributed by atoms with van der Waals surface area (Å²) >= 11 is 0. The van der Waals surface area contributed by atoms with Gasteiger partial charge in [0.1, 0.15) is 5.82 Å². The van der Waals surface area contributed by atoms with Crippen LogP contribution in [0.4, 0.5) is 4.39 Å². The van der Waals surface area contributed by atoms with Crippen LogP contribution in [-0.2, 0) is 0 Å². The number of hydrogen-bond donors (Lipinski definition) is 0. The number of hydrogen-bond acceptors (Lipinski definition) is 0. The summed E-state index contributed by atoms with van der Waals surface area (Å²) in [5.41, 5.74) is 6.82. The molecule has 4 rings (SSSR count). The van der Waals surface area contributed by atoms with Crippen molar-refractivity contribution in [2.45, 2.75) is 0 Å². The van der Waals surface area contributed by atoms with E-state index in [9.17, 15) is 4.39 Å². The van der Waals surface area contributed by atoms with E-state index >= 15 is 0 Å². The molecule has 25 heavy (non-hydrogen) atoms. The van der Waals surface area contributed by atoms with E-state index in [1.54, 1.807) is 0 Å². The van der Waals surface area contributed by atoms with Crippen molar-refractivity contribution in [3.63, 3.8) is 0 Å². The first-order valence-corrected chi connectivity index (χ1v) is 8.33. The topological polar surface area (TPSA) is 0 Å². The van der Waals surface area contributed by atoms with Crippen molar-refractivity contribution >= 4 is 0 Å². The molecule has 120 valence electrons. The summed E-state index contributed by atoms with van der Waals surface area (Å²) in [6, 6.07) is 33.8. The SMILES string of the molecule is Fc1ccc(-c2ccccc2-c2ccccc2-c2ccccc2)cc1. The molecule has 0 aliphatic rings. The molecule has 0 aromatic heterocycles. The van der Waals surface area contributed by atoms with Gasteiger partial charge in [0.2, 0.25) is 0 Å². The zero-order valence-corrected chi connectivity index (χ0v) is 13.7. The van der Waals surface area contributed by atoms with Gasteiger partial charge in [-0.1, -0.05) is 91.0 Å². The second-order valence-corrected chi connectivity index (χ2v) is 5.96. The highest BCUT2D eigenvalue weighted by atomic mass is 19.1. The molecule has 0 atom stereocenters. The molecule has 0 saturated heterocycles. The minimum Gasteiger partial charge on any atom is -0.207 e. The molecule has 0 aliphatic carbocycles. The third-order valence-electron chi connectivity index (χ3n) is 4.38. The molecule has 0 heterocycles. The Labute approximate surface area is 147 Å². The molecule has 0 fully saturated rings. The van der Waals surface area contributed by atoms with Crippen LogP contribution in [0, 0.1) is 5.82 Å². The molecule has 0 amide bonds. The van der Waals surface area contributed by atoms with E-state index in [0.29, 0.717) is 0 Å². The van der Waals surface area contributed by atoms with Crippen LogP contribution >= 0.6 is 0 Å². The van der Waals surface area contributed by atoms with Gasteiger partial charge in [-0.05, 0) is 45.5 Å². The lowest BCUT2D eigenvalue weighted by atomic mass is 9.89. The van der Waals surface area contributed by atoms with Crippen LogP contribution in [0.1, 0.15) is 0 Å². The molecule has 0 bridgehead atoms. The average molecular weight is 324 g/mol. The Morgan fingerprint density at radius 1 is 0.360 bits per heavy atom. The van der Waals surface area contributed by atoms with E-state index in [2.05, 4.69) is 60.7 Å². The molecular weight excluding hydrogens is 307 g/mol. The predicted molar refractivity (Wildman–Crippen MR) is 103 cm³/mol. The first-order valence-electron chi connectivity index (χ1n) is 8.33. The van der Waals surface area contributed by atoms with Crippen LogP contribution in [0.25, 0.3) is 33.4 Å². The lowest BCUT2D eigenvalue weighted by Gasteiger charge is -2.14. The zero-order chi connectivity index (χ0) is 17.1. The summed E-state index contributed by atoms with van der Waals surface area (Å²) in [6.45, 7) is 0. The fourth-order valence-electron chi connectivity index (χ4n) is 3.19. The lowest BCUT2D eigenvalue weighted by Crippen LogP contribution is -1.89. The van der Waals surface area contributed by atoms with Crippen molar-refractivity contribution in [2.75, 3.05) is 0 Å². The molecule has 1 heteroatoms. The van der Waals surface area contributed by atoms with Crippen LogP contribution < -0.4 is 0 Å². The summed E-state index contributed by atoms with van der Waals surface area (Å²) in [6.07, 6.45) is 0. The van der Waals surface area contributed by atoms with Gasteiger partial charge in [0.25, 0.3) is 0 Å². The zero-order valence-electron chi connectivity index (χ0n) is 13.7. The molecule has 0 nitrogen and oxygen atoms in total. The van der Waals surface area contributed by atoms with Crippen molar-refractivity contribution in [3.8, 4) is 33.4 Å². The van der Waals surface area contributed by atoms with Crippen molar-refractivity contribution in [3.05, 3.63) is 109 Å². The van der Waals surface area contributed by atoms with Gasteiger partial charge in [0, 0.05) is 0 Å². The monoisotopic (exact) mass is 324 g/mol. The summed E-state index contributed by atoms with van der Waals surface area (Å²) < 4.78 is 13.3. The van der Waals surface area contributed by atoms with Gasteiger partial charge in [-0.15, -0.1) is 0 Å². The van der Waals surface area contributed by atoms with Crippen molar-refractivity contribution in [1.29, 1.82) is 0 Å². The van der Waals surface area contributed by atoms with Gasteiger partial charge in [-0.2, -0.15) is 0 Å². The second kappa shape index (κ2) is 6.74. The Bertz CT molecular complexity index is 986. The fourth-order valence-corrected chi connectivity index (χ4v) is 3.19.